The fourth-order valence-corrected chi connectivity index (χ4v) is 2.52. The lowest BCUT2D eigenvalue weighted by Crippen LogP contribution is -2.03. The first-order valence-corrected chi connectivity index (χ1v) is 6.52. The number of aromatic carboxylic acids is 1. The molecule has 0 fully saturated rings. The molecule has 0 saturated carbocycles. The number of hydrogen-bond donors (Lipinski definition) is 2. The van der Waals surface area contributed by atoms with Gasteiger partial charge in [0.25, 0.3) is 0 Å². The minimum Gasteiger partial charge on any atom is -0.476 e. The zero-order chi connectivity index (χ0) is 14.3. The molecule has 1 atom stereocenters. The van der Waals surface area contributed by atoms with Crippen LogP contribution in [0.4, 0.5) is 0 Å². The second-order valence-electron chi connectivity index (χ2n) is 4.47. The van der Waals surface area contributed by atoms with Crippen LogP contribution >= 0.6 is 11.6 Å². The maximum absolute atomic E-state index is 11.1. The number of carboxylic acid groups (broad SMARTS) is 1. The number of rotatable bonds is 3. The number of aliphatic hydroxyl groups excluding tert-OH is 1. The van der Waals surface area contributed by atoms with Crippen molar-refractivity contribution in [2.45, 2.75) is 12.0 Å². The Morgan fingerprint density at radius 3 is 2.80 bits per heavy atom. The molecule has 5 nitrogen and oxygen atoms in total. The summed E-state index contributed by atoms with van der Waals surface area (Å²) in [6.45, 7) is 0. The molecule has 1 unspecified atom stereocenters. The smallest absolute Gasteiger partial charge is 0.356 e. The largest absolute Gasteiger partial charge is 0.476 e. The number of nitrogens with zero attached hydrogens (tertiary/aromatic N) is 2. The van der Waals surface area contributed by atoms with Gasteiger partial charge in [0, 0.05) is 17.3 Å². The molecule has 0 aliphatic heterocycles. The molecule has 3 rings (SSSR count). The van der Waals surface area contributed by atoms with Crippen molar-refractivity contribution < 1.29 is 15.0 Å². The summed E-state index contributed by atoms with van der Waals surface area (Å²) in [7, 11) is 0. The average molecular weight is 291 g/mol. The second-order valence-corrected chi connectivity index (χ2v) is 4.74. The number of hydrogen-bond acceptors (Lipinski definition) is 3. The van der Waals surface area contributed by atoms with Crippen LogP contribution in [0.5, 0.6) is 0 Å². The normalized spacial score (nSPS) is 16.9. The summed E-state index contributed by atoms with van der Waals surface area (Å²) in [5, 5.41) is 23.1. The molecule has 0 saturated heterocycles. The van der Waals surface area contributed by atoms with Gasteiger partial charge >= 0.3 is 5.97 Å². The third-order valence-corrected chi connectivity index (χ3v) is 3.54. The molecule has 2 N–H and O–H groups in total. The summed E-state index contributed by atoms with van der Waals surface area (Å²) >= 11 is 5.74. The Morgan fingerprint density at radius 1 is 1.40 bits per heavy atom. The van der Waals surface area contributed by atoms with Crippen molar-refractivity contribution in [3.8, 4) is 0 Å². The second kappa shape index (κ2) is 4.77. The minimum atomic E-state index is -1.12. The number of alkyl halides is 1. The van der Waals surface area contributed by atoms with Crippen LogP contribution in [0, 0.1) is 0 Å². The predicted molar refractivity (Wildman–Crippen MR) is 73.5 cm³/mol. The number of carbonyl (C=O) groups is 1. The van der Waals surface area contributed by atoms with E-state index in [0.717, 1.165) is 11.1 Å². The van der Waals surface area contributed by atoms with Crippen molar-refractivity contribution in [1.29, 1.82) is 0 Å². The summed E-state index contributed by atoms with van der Waals surface area (Å²) in [6.07, 6.45) is 2.51. The topological polar surface area (TPSA) is 75.3 Å². The molecule has 20 heavy (non-hydrogen) atoms. The molecule has 1 aromatic carbocycles. The summed E-state index contributed by atoms with van der Waals surface area (Å²) < 4.78 is 1.45. The van der Waals surface area contributed by atoms with Gasteiger partial charge in [0.15, 0.2) is 5.69 Å². The van der Waals surface area contributed by atoms with E-state index in [0.29, 0.717) is 11.3 Å². The van der Waals surface area contributed by atoms with E-state index in [1.165, 1.54) is 4.68 Å². The fraction of sp³-hybridized carbons (Fsp3) is 0.143. The maximum atomic E-state index is 11.1. The Morgan fingerprint density at radius 2 is 2.15 bits per heavy atom. The van der Waals surface area contributed by atoms with Gasteiger partial charge < -0.3 is 10.2 Å². The maximum Gasteiger partial charge on any atom is 0.356 e. The zero-order valence-corrected chi connectivity index (χ0v) is 11.1. The van der Waals surface area contributed by atoms with Crippen LogP contribution in [0.1, 0.15) is 33.3 Å². The molecule has 0 amide bonds. The highest BCUT2D eigenvalue weighted by Gasteiger charge is 2.24. The molecule has 1 heterocycles. The van der Waals surface area contributed by atoms with Crippen LogP contribution < -0.4 is 0 Å². The van der Waals surface area contributed by atoms with Crippen molar-refractivity contribution in [3.05, 3.63) is 58.9 Å². The van der Waals surface area contributed by atoms with E-state index < -0.39 is 12.1 Å². The number of aliphatic hydroxyl groups is 1. The van der Waals surface area contributed by atoms with Gasteiger partial charge in [-0.2, -0.15) is 5.10 Å². The van der Waals surface area contributed by atoms with Gasteiger partial charge in [-0.05, 0) is 11.6 Å². The fourth-order valence-electron chi connectivity index (χ4n) is 2.33. The van der Waals surface area contributed by atoms with E-state index in [4.69, 9.17) is 16.7 Å². The van der Waals surface area contributed by atoms with Crippen LogP contribution in [-0.2, 0) is 5.88 Å². The average Bonchev–Trinajstić information content (AvgIpc) is 3.01. The van der Waals surface area contributed by atoms with E-state index in [1.807, 2.05) is 24.3 Å². The van der Waals surface area contributed by atoms with Crippen LogP contribution in [0.25, 0.3) is 5.70 Å². The van der Waals surface area contributed by atoms with Gasteiger partial charge in [-0.25, -0.2) is 9.48 Å². The van der Waals surface area contributed by atoms with E-state index in [2.05, 4.69) is 5.10 Å². The third-order valence-electron chi connectivity index (χ3n) is 3.25. The van der Waals surface area contributed by atoms with Gasteiger partial charge in [0.1, 0.15) is 6.10 Å². The van der Waals surface area contributed by atoms with Crippen molar-refractivity contribution in [1.82, 2.24) is 9.78 Å². The van der Waals surface area contributed by atoms with Crippen molar-refractivity contribution in [3.63, 3.8) is 0 Å². The SMILES string of the molecule is O=C(O)c1nn(C2=CC(O)c3ccccc32)cc1CCl. The molecule has 2 aromatic rings. The van der Waals surface area contributed by atoms with Crippen LogP contribution in [0.15, 0.2) is 36.5 Å². The third kappa shape index (κ3) is 1.92. The van der Waals surface area contributed by atoms with Gasteiger partial charge in [-0.3, -0.25) is 0 Å². The number of fused-ring (bicyclic) bond motifs is 1. The van der Waals surface area contributed by atoms with E-state index >= 15 is 0 Å². The Bertz CT molecular complexity index is 721. The number of halogens is 1. The summed E-state index contributed by atoms with van der Waals surface area (Å²) in [4.78, 5) is 11.1. The van der Waals surface area contributed by atoms with E-state index in [9.17, 15) is 9.90 Å². The summed E-state index contributed by atoms with van der Waals surface area (Å²) in [5.41, 5.74) is 2.65. The number of aromatic nitrogens is 2. The molecule has 1 aromatic heterocycles. The van der Waals surface area contributed by atoms with Gasteiger partial charge in [-0.1, -0.05) is 24.3 Å². The molecule has 0 spiro atoms. The molecule has 6 heteroatoms. The number of benzene rings is 1. The summed E-state index contributed by atoms with van der Waals surface area (Å²) in [6, 6.07) is 7.39. The van der Waals surface area contributed by atoms with Gasteiger partial charge in [0.05, 0.1) is 11.6 Å². The number of carboxylic acids is 1. The quantitative estimate of drug-likeness (QED) is 0.850. The van der Waals surface area contributed by atoms with Crippen molar-refractivity contribution in [2.24, 2.45) is 0 Å². The first-order valence-electron chi connectivity index (χ1n) is 5.99. The minimum absolute atomic E-state index is 0.0686. The first kappa shape index (κ1) is 12.9. The zero-order valence-electron chi connectivity index (χ0n) is 10.3. The van der Waals surface area contributed by atoms with Crippen molar-refractivity contribution in [2.75, 3.05) is 0 Å². The molecule has 1 aliphatic carbocycles. The summed E-state index contributed by atoms with van der Waals surface area (Å²) in [5.74, 6) is -1.05. The van der Waals surface area contributed by atoms with E-state index in [-0.39, 0.29) is 11.6 Å². The molecular weight excluding hydrogens is 280 g/mol. The highest BCUT2D eigenvalue weighted by molar-refractivity contribution is 6.17. The van der Waals surface area contributed by atoms with Gasteiger partial charge in [0.2, 0.25) is 0 Å². The van der Waals surface area contributed by atoms with Crippen LogP contribution in [0.3, 0.4) is 0 Å². The molecule has 1 aliphatic rings. The van der Waals surface area contributed by atoms with Crippen molar-refractivity contribution >= 4 is 23.3 Å². The Hall–Kier alpha value is -2.11. The first-order chi connectivity index (χ1) is 9.61. The van der Waals surface area contributed by atoms with E-state index in [1.54, 1.807) is 12.3 Å². The molecule has 0 radical (unpaired) electrons. The Balaban J connectivity index is 2.11. The van der Waals surface area contributed by atoms with Crippen LogP contribution in [-0.4, -0.2) is 26.0 Å². The monoisotopic (exact) mass is 290 g/mol. The molecule has 0 bridgehead atoms. The Kier molecular flexibility index (Phi) is 3.08. The van der Waals surface area contributed by atoms with Gasteiger partial charge in [-0.15, -0.1) is 11.6 Å². The highest BCUT2D eigenvalue weighted by Crippen LogP contribution is 2.35. The lowest BCUT2D eigenvalue weighted by atomic mass is 10.1. The Labute approximate surface area is 119 Å². The lowest BCUT2D eigenvalue weighted by Gasteiger charge is -2.05. The molecule has 102 valence electrons. The lowest BCUT2D eigenvalue weighted by molar-refractivity contribution is 0.0689. The standard InChI is InChI=1S/C14H11ClN2O3/c15-6-8-7-17(16-13(8)14(19)20)11-5-12(18)10-4-2-1-3-9(10)11/h1-5,7,12,18H,6H2,(H,19,20). The highest BCUT2D eigenvalue weighted by atomic mass is 35.5. The predicted octanol–water partition coefficient (Wildman–Crippen LogP) is 2.26. The van der Waals surface area contributed by atoms with Crippen LogP contribution in [0.2, 0.25) is 0 Å². The molecular formula is C14H11ClN2O3.